The summed E-state index contributed by atoms with van der Waals surface area (Å²) in [5.41, 5.74) is 2.83. The van der Waals surface area contributed by atoms with Crippen LogP contribution in [0.15, 0.2) is 42.5 Å². The maximum absolute atomic E-state index is 13.0. The Labute approximate surface area is 169 Å². The van der Waals surface area contributed by atoms with Crippen molar-refractivity contribution in [3.05, 3.63) is 65.0 Å². The first kappa shape index (κ1) is 22.1. The van der Waals surface area contributed by atoms with Gasteiger partial charge in [0.1, 0.15) is 11.9 Å². The van der Waals surface area contributed by atoms with E-state index < -0.39 is 36.2 Å². The fourth-order valence-corrected chi connectivity index (χ4v) is 2.62. The minimum atomic E-state index is -0.943. The number of halogens is 1. The summed E-state index contributed by atoms with van der Waals surface area (Å²) < 4.78 is 18.1. The lowest BCUT2D eigenvalue weighted by atomic mass is 10.0. The number of anilines is 1. The van der Waals surface area contributed by atoms with Crippen LogP contribution < -0.4 is 10.6 Å². The van der Waals surface area contributed by atoms with Crippen molar-refractivity contribution in [3.8, 4) is 0 Å². The van der Waals surface area contributed by atoms with Gasteiger partial charge in [-0.2, -0.15) is 0 Å². The van der Waals surface area contributed by atoms with Crippen molar-refractivity contribution >= 4 is 23.5 Å². The summed E-state index contributed by atoms with van der Waals surface area (Å²) in [6, 6.07) is 9.55. The van der Waals surface area contributed by atoms with Gasteiger partial charge in [0.15, 0.2) is 6.61 Å². The fraction of sp³-hybridized carbons (Fsp3) is 0.318. The minimum absolute atomic E-state index is 0.220. The van der Waals surface area contributed by atoms with Crippen LogP contribution >= 0.6 is 0 Å². The molecule has 0 radical (unpaired) electrons. The number of nitrogens with one attached hydrogen (secondary N) is 2. The second-order valence-corrected chi connectivity index (χ2v) is 7.11. The molecule has 2 rings (SSSR count). The summed E-state index contributed by atoms with van der Waals surface area (Å²) in [6.07, 6.45) is 0. The average molecular weight is 400 g/mol. The number of carbonyl (C=O) groups excluding carboxylic acids is 3. The van der Waals surface area contributed by atoms with Crippen molar-refractivity contribution in [2.45, 2.75) is 33.7 Å². The molecule has 0 fully saturated rings. The van der Waals surface area contributed by atoms with Crippen molar-refractivity contribution < 1.29 is 23.5 Å². The van der Waals surface area contributed by atoms with E-state index in [9.17, 15) is 18.8 Å². The third-order valence-corrected chi connectivity index (χ3v) is 4.54. The van der Waals surface area contributed by atoms with Crippen molar-refractivity contribution in [1.29, 1.82) is 0 Å². The Morgan fingerprint density at radius 2 is 1.69 bits per heavy atom. The molecule has 0 saturated heterocycles. The van der Waals surface area contributed by atoms with E-state index in [1.165, 1.54) is 12.1 Å². The highest BCUT2D eigenvalue weighted by atomic mass is 19.1. The highest BCUT2D eigenvalue weighted by molar-refractivity contribution is 5.97. The Morgan fingerprint density at radius 3 is 2.31 bits per heavy atom. The van der Waals surface area contributed by atoms with E-state index in [4.69, 9.17) is 4.74 Å². The summed E-state index contributed by atoms with van der Waals surface area (Å²) in [7, 11) is 0. The second kappa shape index (κ2) is 9.82. The number of aryl methyl sites for hydroxylation is 1. The summed E-state index contributed by atoms with van der Waals surface area (Å²) in [5, 5.41) is 5.28. The van der Waals surface area contributed by atoms with E-state index in [0.717, 1.165) is 23.3 Å². The van der Waals surface area contributed by atoms with Gasteiger partial charge in [-0.3, -0.25) is 9.59 Å². The maximum Gasteiger partial charge on any atom is 0.329 e. The van der Waals surface area contributed by atoms with Crippen LogP contribution in [-0.4, -0.2) is 30.4 Å². The molecule has 7 heteroatoms. The van der Waals surface area contributed by atoms with Crippen molar-refractivity contribution in [3.63, 3.8) is 0 Å². The van der Waals surface area contributed by atoms with Gasteiger partial charge < -0.3 is 15.4 Å². The summed E-state index contributed by atoms with van der Waals surface area (Å²) >= 11 is 0. The largest absolute Gasteiger partial charge is 0.454 e. The monoisotopic (exact) mass is 400 g/mol. The molecular formula is C22H25FN2O4. The molecule has 154 valence electrons. The average Bonchev–Trinajstić information content (AvgIpc) is 2.68. The van der Waals surface area contributed by atoms with E-state index in [0.29, 0.717) is 5.69 Å². The Bertz CT molecular complexity index is 894. The number of hydrogen-bond acceptors (Lipinski definition) is 4. The maximum atomic E-state index is 13.0. The molecule has 0 aromatic heterocycles. The van der Waals surface area contributed by atoms with Crippen molar-refractivity contribution in [2.24, 2.45) is 5.92 Å². The normalized spacial score (nSPS) is 11.7. The molecule has 6 nitrogen and oxygen atoms in total. The molecule has 2 N–H and O–H groups in total. The zero-order chi connectivity index (χ0) is 21.6. The van der Waals surface area contributed by atoms with Gasteiger partial charge in [-0.25, -0.2) is 9.18 Å². The number of amides is 2. The smallest absolute Gasteiger partial charge is 0.329 e. The number of benzene rings is 2. The van der Waals surface area contributed by atoms with Gasteiger partial charge in [-0.15, -0.1) is 0 Å². The van der Waals surface area contributed by atoms with Gasteiger partial charge in [-0.05, 0) is 61.2 Å². The van der Waals surface area contributed by atoms with Crippen LogP contribution in [0.5, 0.6) is 0 Å². The molecule has 0 bridgehead atoms. The number of carbonyl (C=O) groups is 3. The van der Waals surface area contributed by atoms with Crippen LogP contribution in [0.4, 0.5) is 10.1 Å². The molecule has 2 aromatic carbocycles. The van der Waals surface area contributed by atoms with Crippen molar-refractivity contribution in [1.82, 2.24) is 5.32 Å². The van der Waals surface area contributed by atoms with E-state index >= 15 is 0 Å². The van der Waals surface area contributed by atoms with Gasteiger partial charge in [0, 0.05) is 11.3 Å². The molecule has 1 atom stereocenters. The Kier molecular flexibility index (Phi) is 7.47. The Balaban J connectivity index is 1.95. The van der Waals surface area contributed by atoms with Gasteiger partial charge in [0.25, 0.3) is 11.8 Å². The SMILES string of the molecule is Cc1cccc(NC(=O)COC(=O)[C@@H](NC(=O)c2ccc(F)cc2)C(C)C)c1C. The van der Waals surface area contributed by atoms with E-state index in [2.05, 4.69) is 10.6 Å². The Morgan fingerprint density at radius 1 is 1.03 bits per heavy atom. The van der Waals surface area contributed by atoms with Crippen LogP contribution in [0.1, 0.15) is 35.3 Å². The van der Waals surface area contributed by atoms with Gasteiger partial charge in [-0.1, -0.05) is 26.0 Å². The predicted octanol–water partition coefficient (Wildman–Crippen LogP) is 3.38. The molecule has 0 aliphatic heterocycles. The third-order valence-electron chi connectivity index (χ3n) is 4.54. The number of ether oxygens (including phenoxy) is 1. The number of esters is 1. The van der Waals surface area contributed by atoms with E-state index in [1.54, 1.807) is 19.9 Å². The molecule has 0 unspecified atom stereocenters. The summed E-state index contributed by atoms with van der Waals surface area (Å²) in [5.74, 6) is -2.45. The van der Waals surface area contributed by atoms with Gasteiger partial charge in [0.2, 0.25) is 0 Å². The lowest BCUT2D eigenvalue weighted by Gasteiger charge is -2.21. The first-order chi connectivity index (χ1) is 13.7. The highest BCUT2D eigenvalue weighted by Gasteiger charge is 2.26. The number of rotatable bonds is 7. The summed E-state index contributed by atoms with van der Waals surface area (Å²) in [6.45, 7) is 6.83. The fourth-order valence-electron chi connectivity index (χ4n) is 2.62. The Hall–Kier alpha value is -3.22. The molecule has 0 aliphatic carbocycles. The van der Waals surface area contributed by atoms with Crippen LogP contribution in [-0.2, 0) is 14.3 Å². The van der Waals surface area contributed by atoms with Crippen LogP contribution in [0.2, 0.25) is 0 Å². The first-order valence-corrected chi connectivity index (χ1v) is 9.28. The van der Waals surface area contributed by atoms with Gasteiger partial charge in [0.05, 0.1) is 0 Å². The molecule has 2 amide bonds. The van der Waals surface area contributed by atoms with Crippen molar-refractivity contribution in [2.75, 3.05) is 11.9 Å². The van der Waals surface area contributed by atoms with E-state index in [-0.39, 0.29) is 11.5 Å². The zero-order valence-electron chi connectivity index (χ0n) is 16.9. The zero-order valence-corrected chi connectivity index (χ0v) is 16.9. The molecule has 2 aromatic rings. The molecular weight excluding hydrogens is 375 g/mol. The third kappa shape index (κ3) is 6.14. The van der Waals surface area contributed by atoms with Gasteiger partial charge >= 0.3 is 5.97 Å². The van der Waals surface area contributed by atoms with Crippen LogP contribution in [0, 0.1) is 25.6 Å². The van der Waals surface area contributed by atoms with E-state index in [1.807, 2.05) is 26.0 Å². The molecule has 0 heterocycles. The number of hydrogen-bond donors (Lipinski definition) is 2. The van der Waals surface area contributed by atoms with Crippen LogP contribution in [0.3, 0.4) is 0 Å². The lowest BCUT2D eigenvalue weighted by molar-refractivity contribution is -0.150. The molecule has 29 heavy (non-hydrogen) atoms. The topological polar surface area (TPSA) is 84.5 Å². The highest BCUT2D eigenvalue weighted by Crippen LogP contribution is 2.17. The summed E-state index contributed by atoms with van der Waals surface area (Å²) in [4.78, 5) is 36.8. The standard InChI is InChI=1S/C22H25FN2O4/c1-13(2)20(25-21(27)16-8-10-17(23)11-9-16)22(28)29-12-19(26)24-18-7-5-6-14(3)15(18)4/h5-11,13,20H,12H2,1-4H3,(H,24,26)(H,25,27)/t20-/m0/s1. The second-order valence-electron chi connectivity index (χ2n) is 7.11. The predicted molar refractivity (Wildman–Crippen MR) is 108 cm³/mol. The quantitative estimate of drug-likeness (QED) is 0.698. The minimum Gasteiger partial charge on any atom is -0.454 e. The molecule has 0 aliphatic rings. The van der Waals surface area contributed by atoms with Crippen LogP contribution in [0.25, 0.3) is 0 Å². The lowest BCUT2D eigenvalue weighted by Crippen LogP contribution is -2.45. The first-order valence-electron chi connectivity index (χ1n) is 9.28. The molecule has 0 saturated carbocycles. The molecule has 0 spiro atoms.